The van der Waals surface area contributed by atoms with Gasteiger partial charge in [-0.3, -0.25) is 9.59 Å². The van der Waals surface area contributed by atoms with E-state index >= 15 is 0 Å². The van der Waals surface area contributed by atoms with E-state index in [4.69, 9.17) is 27.9 Å². The molecule has 32 heavy (non-hydrogen) atoms. The summed E-state index contributed by atoms with van der Waals surface area (Å²) >= 11 is 12.2. The normalized spacial score (nSPS) is 10.9. The average Bonchev–Trinajstić information content (AvgIpc) is 3.14. The lowest BCUT2D eigenvalue weighted by atomic mass is 10.1. The molecule has 0 aliphatic carbocycles. The topological polar surface area (TPSA) is 60.3 Å². The lowest BCUT2D eigenvalue weighted by Crippen LogP contribution is -2.23. The molecule has 0 saturated heterocycles. The molecular formula is C24H17Cl2FN2O3. The van der Waals surface area contributed by atoms with Gasteiger partial charge in [0.15, 0.2) is 0 Å². The molecule has 0 bridgehead atoms. The molecule has 1 amide bonds. The number of Topliss-reactive ketones (excluding diaryl/α,β-unsaturated/α-hetero) is 1. The summed E-state index contributed by atoms with van der Waals surface area (Å²) in [5, 5.41) is 3.50. The van der Waals surface area contributed by atoms with Gasteiger partial charge in [-0.25, -0.2) is 4.39 Å². The quantitative estimate of drug-likeness (QED) is 0.279. The maximum absolute atomic E-state index is 13.3. The van der Waals surface area contributed by atoms with Crippen molar-refractivity contribution in [1.29, 1.82) is 0 Å². The summed E-state index contributed by atoms with van der Waals surface area (Å²) in [5.74, 6) is -1.41. The van der Waals surface area contributed by atoms with Gasteiger partial charge in [-0.1, -0.05) is 41.4 Å². The molecule has 8 heteroatoms. The molecule has 162 valence electrons. The smallest absolute Gasteiger partial charge is 0.296 e. The molecule has 0 radical (unpaired) electrons. The van der Waals surface area contributed by atoms with Crippen molar-refractivity contribution in [3.05, 3.63) is 93.8 Å². The van der Waals surface area contributed by atoms with Crippen LogP contribution in [0, 0.1) is 5.82 Å². The van der Waals surface area contributed by atoms with Crippen molar-refractivity contribution in [1.82, 2.24) is 4.57 Å². The second-order valence-corrected chi connectivity index (χ2v) is 7.87. The van der Waals surface area contributed by atoms with Gasteiger partial charge in [0.05, 0.1) is 28.4 Å². The van der Waals surface area contributed by atoms with Gasteiger partial charge in [0.2, 0.25) is 0 Å². The predicted molar refractivity (Wildman–Crippen MR) is 123 cm³/mol. The van der Waals surface area contributed by atoms with Gasteiger partial charge in [-0.05, 0) is 48.0 Å². The minimum atomic E-state index is -0.872. The fourth-order valence-electron chi connectivity index (χ4n) is 3.41. The lowest BCUT2D eigenvalue weighted by Gasteiger charge is -2.08. The van der Waals surface area contributed by atoms with Gasteiger partial charge in [0, 0.05) is 23.6 Å². The van der Waals surface area contributed by atoms with Gasteiger partial charge >= 0.3 is 0 Å². The third-order valence-corrected chi connectivity index (χ3v) is 5.64. The standard InChI is InChI=1S/C24H17Cl2FN2O3/c1-32-16-9-10-21-17(11-16)18(13-29(21)12-14-5-7-15(27)8-6-14)23(30)24(31)28-22-19(25)3-2-4-20(22)26/h2-11,13H,12H2,1H3,(H,28,31). The van der Waals surface area contributed by atoms with E-state index in [1.165, 1.54) is 19.2 Å². The number of benzene rings is 3. The number of ketones is 1. The van der Waals surface area contributed by atoms with Crippen LogP contribution in [0.1, 0.15) is 15.9 Å². The Morgan fingerprint density at radius 3 is 2.38 bits per heavy atom. The molecule has 0 fully saturated rings. The SMILES string of the molecule is COc1ccc2c(c1)c(C(=O)C(=O)Nc1c(Cl)cccc1Cl)cn2Cc1ccc(F)cc1. The largest absolute Gasteiger partial charge is 0.497 e. The van der Waals surface area contributed by atoms with E-state index in [0.29, 0.717) is 17.7 Å². The Bertz CT molecular complexity index is 1310. The van der Waals surface area contributed by atoms with Crippen LogP contribution in [0.5, 0.6) is 5.75 Å². The van der Waals surface area contributed by atoms with E-state index in [1.54, 1.807) is 54.7 Å². The van der Waals surface area contributed by atoms with Crippen molar-refractivity contribution < 1.29 is 18.7 Å². The Morgan fingerprint density at radius 1 is 1.03 bits per heavy atom. The minimum Gasteiger partial charge on any atom is -0.497 e. The van der Waals surface area contributed by atoms with E-state index in [-0.39, 0.29) is 27.1 Å². The highest BCUT2D eigenvalue weighted by Crippen LogP contribution is 2.31. The molecule has 1 aromatic heterocycles. The van der Waals surface area contributed by atoms with Crippen molar-refractivity contribution in [2.24, 2.45) is 0 Å². The highest BCUT2D eigenvalue weighted by molar-refractivity contribution is 6.50. The van der Waals surface area contributed by atoms with Crippen LogP contribution < -0.4 is 10.1 Å². The number of carbonyl (C=O) groups is 2. The number of rotatable bonds is 6. The van der Waals surface area contributed by atoms with Crippen LogP contribution in [0.15, 0.2) is 66.9 Å². The maximum atomic E-state index is 13.3. The number of hydrogen-bond donors (Lipinski definition) is 1. The zero-order chi connectivity index (χ0) is 22.8. The summed E-state index contributed by atoms with van der Waals surface area (Å²) in [6.45, 7) is 0.383. The van der Waals surface area contributed by atoms with E-state index in [1.807, 2.05) is 4.57 Å². The van der Waals surface area contributed by atoms with Crippen LogP contribution in [0.4, 0.5) is 10.1 Å². The zero-order valence-electron chi connectivity index (χ0n) is 16.9. The number of hydrogen-bond acceptors (Lipinski definition) is 3. The van der Waals surface area contributed by atoms with Gasteiger partial charge in [0.1, 0.15) is 11.6 Å². The van der Waals surface area contributed by atoms with Gasteiger partial charge in [0.25, 0.3) is 11.7 Å². The van der Waals surface area contributed by atoms with Crippen LogP contribution >= 0.6 is 23.2 Å². The summed E-state index contributed by atoms with van der Waals surface area (Å²) in [5.41, 5.74) is 1.93. The summed E-state index contributed by atoms with van der Waals surface area (Å²) in [6.07, 6.45) is 1.60. The molecule has 3 aromatic carbocycles. The van der Waals surface area contributed by atoms with E-state index in [0.717, 1.165) is 11.1 Å². The molecule has 0 aliphatic heterocycles. The fraction of sp³-hybridized carbons (Fsp3) is 0.0833. The Labute approximate surface area is 193 Å². The van der Waals surface area contributed by atoms with E-state index in [2.05, 4.69) is 5.32 Å². The molecule has 0 aliphatic rings. The first kappa shape index (κ1) is 21.9. The van der Waals surface area contributed by atoms with Crippen LogP contribution in [-0.2, 0) is 11.3 Å². The summed E-state index contributed by atoms with van der Waals surface area (Å²) < 4.78 is 20.4. The maximum Gasteiger partial charge on any atom is 0.296 e. The summed E-state index contributed by atoms with van der Waals surface area (Å²) in [7, 11) is 1.52. The van der Waals surface area contributed by atoms with Crippen molar-refractivity contribution in [2.75, 3.05) is 12.4 Å². The highest BCUT2D eigenvalue weighted by atomic mass is 35.5. The number of nitrogens with zero attached hydrogens (tertiary/aromatic N) is 1. The minimum absolute atomic E-state index is 0.168. The Morgan fingerprint density at radius 2 is 1.72 bits per heavy atom. The van der Waals surface area contributed by atoms with Crippen molar-refractivity contribution >= 4 is 51.5 Å². The van der Waals surface area contributed by atoms with E-state index in [9.17, 15) is 14.0 Å². The molecule has 0 atom stereocenters. The zero-order valence-corrected chi connectivity index (χ0v) is 18.4. The molecule has 0 saturated carbocycles. The number of aromatic nitrogens is 1. The molecule has 4 rings (SSSR count). The van der Waals surface area contributed by atoms with Crippen LogP contribution in [0.2, 0.25) is 10.0 Å². The fourth-order valence-corrected chi connectivity index (χ4v) is 3.90. The predicted octanol–water partition coefficient (Wildman–Crippen LogP) is 5.97. The Balaban J connectivity index is 1.72. The molecule has 4 aromatic rings. The third kappa shape index (κ3) is 4.33. The molecule has 5 nitrogen and oxygen atoms in total. The van der Waals surface area contributed by atoms with Gasteiger partial charge in [-0.2, -0.15) is 0 Å². The first-order valence-corrected chi connectivity index (χ1v) is 10.3. The molecule has 1 heterocycles. The van der Waals surface area contributed by atoms with Gasteiger partial charge < -0.3 is 14.6 Å². The second-order valence-electron chi connectivity index (χ2n) is 7.06. The monoisotopic (exact) mass is 470 g/mol. The number of nitrogens with one attached hydrogen (secondary N) is 1. The number of para-hydroxylation sites is 1. The molecule has 1 N–H and O–H groups in total. The highest BCUT2D eigenvalue weighted by Gasteiger charge is 2.23. The Hall–Kier alpha value is -3.35. The number of anilines is 1. The number of halogens is 3. The van der Waals surface area contributed by atoms with Crippen LogP contribution in [0.25, 0.3) is 10.9 Å². The summed E-state index contributed by atoms with van der Waals surface area (Å²) in [4.78, 5) is 25.9. The third-order valence-electron chi connectivity index (χ3n) is 5.01. The number of fused-ring (bicyclic) bond motifs is 1. The Kier molecular flexibility index (Phi) is 6.17. The molecule has 0 unspecified atom stereocenters. The number of methoxy groups -OCH3 is 1. The lowest BCUT2D eigenvalue weighted by molar-refractivity contribution is -0.112. The molecular weight excluding hydrogens is 454 g/mol. The van der Waals surface area contributed by atoms with Crippen molar-refractivity contribution in [2.45, 2.75) is 6.54 Å². The number of carbonyl (C=O) groups excluding carboxylic acids is 2. The molecule has 0 spiro atoms. The van der Waals surface area contributed by atoms with Crippen molar-refractivity contribution in [3.8, 4) is 5.75 Å². The summed E-state index contributed by atoms with van der Waals surface area (Å²) in [6, 6.07) is 16.1. The average molecular weight is 471 g/mol. The van der Waals surface area contributed by atoms with Crippen molar-refractivity contribution in [3.63, 3.8) is 0 Å². The van der Waals surface area contributed by atoms with Crippen LogP contribution in [-0.4, -0.2) is 23.4 Å². The first-order valence-electron chi connectivity index (χ1n) is 9.58. The van der Waals surface area contributed by atoms with E-state index < -0.39 is 11.7 Å². The second kappa shape index (κ2) is 9.02. The first-order chi connectivity index (χ1) is 15.4. The number of amides is 1. The number of ether oxygens (including phenoxy) is 1. The van der Waals surface area contributed by atoms with Gasteiger partial charge in [-0.15, -0.1) is 0 Å². The van der Waals surface area contributed by atoms with Crippen LogP contribution in [0.3, 0.4) is 0 Å².